The van der Waals surface area contributed by atoms with E-state index in [0.717, 1.165) is 11.3 Å². The summed E-state index contributed by atoms with van der Waals surface area (Å²) in [5.41, 5.74) is -0.129. The minimum absolute atomic E-state index is 0.285. The second-order valence-electron chi connectivity index (χ2n) is 5.30. The number of thiazole rings is 1. The zero-order valence-electron chi connectivity index (χ0n) is 12.6. The predicted molar refractivity (Wildman–Crippen MR) is 77.4 cm³/mol. The fourth-order valence-electron chi connectivity index (χ4n) is 2.53. The summed E-state index contributed by atoms with van der Waals surface area (Å²) < 4.78 is 45.1. The van der Waals surface area contributed by atoms with Crippen molar-refractivity contribution in [3.05, 3.63) is 27.7 Å². The number of carbonyl (C=O) groups is 1. The largest absolute Gasteiger partial charge is 0.434 e. The van der Waals surface area contributed by atoms with Gasteiger partial charge in [-0.1, -0.05) is 0 Å². The van der Waals surface area contributed by atoms with Gasteiger partial charge in [0.15, 0.2) is 11.5 Å². The molecule has 1 aliphatic rings. The first-order chi connectivity index (χ1) is 11.4. The Morgan fingerprint density at radius 1 is 1.54 bits per heavy atom. The van der Waals surface area contributed by atoms with Crippen molar-refractivity contribution in [2.24, 2.45) is 0 Å². The number of ether oxygens (including phenoxy) is 1. The number of rotatable bonds is 4. The van der Waals surface area contributed by atoms with Crippen molar-refractivity contribution >= 4 is 17.2 Å². The first-order valence-corrected chi connectivity index (χ1v) is 7.99. The van der Waals surface area contributed by atoms with Crippen LogP contribution >= 0.6 is 11.3 Å². The smallest absolute Gasteiger partial charge is 0.377 e. The molecule has 7 nitrogen and oxygen atoms in total. The van der Waals surface area contributed by atoms with E-state index in [-0.39, 0.29) is 12.6 Å². The third-order valence-electron chi connectivity index (χ3n) is 3.55. The summed E-state index contributed by atoms with van der Waals surface area (Å²) in [5, 5.41) is 6.88. The van der Waals surface area contributed by atoms with Crippen LogP contribution in [0.1, 0.15) is 33.4 Å². The van der Waals surface area contributed by atoms with Crippen LogP contribution in [-0.2, 0) is 30.5 Å². The lowest BCUT2D eigenvalue weighted by molar-refractivity contribution is -0.141. The van der Waals surface area contributed by atoms with Gasteiger partial charge in [0.2, 0.25) is 0 Å². The van der Waals surface area contributed by atoms with E-state index in [0.29, 0.717) is 36.5 Å². The summed E-state index contributed by atoms with van der Waals surface area (Å²) in [6.45, 7) is 0.644. The molecule has 0 saturated heterocycles. The van der Waals surface area contributed by atoms with Crippen LogP contribution in [0.5, 0.6) is 0 Å². The van der Waals surface area contributed by atoms with Gasteiger partial charge < -0.3 is 10.1 Å². The number of hydrogen-bond acceptors (Lipinski definition) is 6. The molecule has 3 rings (SSSR count). The van der Waals surface area contributed by atoms with Crippen molar-refractivity contribution in [1.29, 1.82) is 0 Å². The maximum atomic E-state index is 12.8. The molecule has 1 atom stereocenters. The van der Waals surface area contributed by atoms with Crippen LogP contribution < -0.4 is 5.32 Å². The molecule has 0 fully saturated rings. The Labute approximate surface area is 138 Å². The fraction of sp³-hybridized carbons (Fsp3) is 0.538. The van der Waals surface area contributed by atoms with E-state index in [1.165, 1.54) is 7.11 Å². The molecule has 2 aromatic heterocycles. The molecule has 0 bridgehead atoms. The average Bonchev–Trinajstić information content (AvgIpc) is 3.12. The Balaban J connectivity index is 1.69. The molecule has 1 unspecified atom stereocenters. The number of fused-ring (bicyclic) bond motifs is 1. The third-order valence-corrected chi connectivity index (χ3v) is 4.38. The maximum Gasteiger partial charge on any atom is 0.434 e. The number of nitrogens with one attached hydrogen (secondary N) is 1. The molecule has 2 aromatic rings. The minimum atomic E-state index is -4.65. The molecule has 0 spiro atoms. The van der Waals surface area contributed by atoms with Crippen LogP contribution in [0.3, 0.4) is 0 Å². The molecule has 0 saturated carbocycles. The molecular formula is C13H14F3N5O2S. The molecule has 3 heterocycles. The molecule has 1 amide bonds. The summed E-state index contributed by atoms with van der Waals surface area (Å²) >= 11 is 0.675. The Morgan fingerprint density at radius 2 is 2.33 bits per heavy atom. The van der Waals surface area contributed by atoms with E-state index >= 15 is 0 Å². The molecule has 24 heavy (non-hydrogen) atoms. The van der Waals surface area contributed by atoms with Crippen molar-refractivity contribution in [2.75, 3.05) is 7.11 Å². The third kappa shape index (κ3) is 3.41. The highest BCUT2D eigenvalue weighted by Crippen LogP contribution is 2.32. The zero-order chi connectivity index (χ0) is 17.3. The number of nitrogens with zero attached hydrogens (tertiary/aromatic N) is 4. The molecule has 1 aliphatic heterocycles. The van der Waals surface area contributed by atoms with Gasteiger partial charge in [0, 0.05) is 19.6 Å². The van der Waals surface area contributed by atoms with Gasteiger partial charge in [-0.05, 0) is 6.42 Å². The lowest BCUT2D eigenvalue weighted by atomic mass is 10.1. The van der Waals surface area contributed by atoms with Gasteiger partial charge in [0.25, 0.3) is 5.91 Å². The van der Waals surface area contributed by atoms with Gasteiger partial charge in [0.05, 0.1) is 12.1 Å². The molecule has 130 valence electrons. The molecular weight excluding hydrogens is 347 g/mol. The van der Waals surface area contributed by atoms with Gasteiger partial charge in [-0.2, -0.15) is 18.3 Å². The normalized spacial score (nSPS) is 17.6. The molecule has 0 radical (unpaired) electrons. The van der Waals surface area contributed by atoms with Crippen molar-refractivity contribution in [3.63, 3.8) is 0 Å². The van der Waals surface area contributed by atoms with Gasteiger partial charge in [-0.15, -0.1) is 11.3 Å². The van der Waals surface area contributed by atoms with E-state index < -0.39 is 22.7 Å². The van der Waals surface area contributed by atoms with Crippen LogP contribution in [0.15, 0.2) is 5.51 Å². The number of amides is 1. The number of halogens is 3. The topological polar surface area (TPSA) is 81.9 Å². The number of aryl methyl sites for hydroxylation is 1. The zero-order valence-corrected chi connectivity index (χ0v) is 13.4. The fourth-order valence-corrected chi connectivity index (χ4v) is 3.24. The quantitative estimate of drug-likeness (QED) is 0.895. The van der Waals surface area contributed by atoms with Crippen LogP contribution in [-0.4, -0.2) is 38.8 Å². The predicted octanol–water partition coefficient (Wildman–Crippen LogP) is 1.64. The average molecular weight is 361 g/mol. The van der Waals surface area contributed by atoms with Crippen molar-refractivity contribution < 1.29 is 22.7 Å². The van der Waals surface area contributed by atoms with Gasteiger partial charge in [0.1, 0.15) is 17.3 Å². The van der Waals surface area contributed by atoms with Gasteiger partial charge in [-0.3, -0.25) is 4.79 Å². The SMILES string of the molecule is COCc1nc2n(n1)CC(NC(=O)c1scnc1C(F)(F)F)CC2. The number of methoxy groups -OCH3 is 1. The van der Waals surface area contributed by atoms with E-state index in [9.17, 15) is 18.0 Å². The summed E-state index contributed by atoms with van der Waals surface area (Å²) in [6.07, 6.45) is -3.49. The minimum Gasteiger partial charge on any atom is -0.377 e. The number of hydrogen-bond donors (Lipinski definition) is 1. The lowest BCUT2D eigenvalue weighted by Gasteiger charge is -2.23. The van der Waals surface area contributed by atoms with Crippen molar-refractivity contribution in [1.82, 2.24) is 25.1 Å². The summed E-state index contributed by atoms with van der Waals surface area (Å²) in [7, 11) is 1.54. The molecule has 0 aliphatic carbocycles. The van der Waals surface area contributed by atoms with Crippen LogP contribution in [0.25, 0.3) is 0 Å². The highest BCUT2D eigenvalue weighted by molar-refractivity contribution is 7.11. The second-order valence-corrected chi connectivity index (χ2v) is 6.15. The lowest BCUT2D eigenvalue weighted by Crippen LogP contribution is -2.41. The van der Waals surface area contributed by atoms with Gasteiger partial charge in [-0.25, -0.2) is 14.6 Å². The number of alkyl halides is 3. The summed E-state index contributed by atoms with van der Waals surface area (Å²) in [6, 6.07) is -0.315. The maximum absolute atomic E-state index is 12.8. The highest BCUT2D eigenvalue weighted by Gasteiger charge is 2.38. The number of carbonyl (C=O) groups excluding carboxylic acids is 1. The van der Waals surface area contributed by atoms with Crippen LogP contribution in [0, 0.1) is 0 Å². The van der Waals surface area contributed by atoms with Crippen molar-refractivity contribution in [2.45, 2.75) is 38.2 Å². The van der Waals surface area contributed by atoms with Crippen LogP contribution in [0.2, 0.25) is 0 Å². The molecule has 0 aromatic carbocycles. The van der Waals surface area contributed by atoms with E-state index in [2.05, 4.69) is 20.4 Å². The standard InChI is InChI=1S/C13H14F3N5O2S/c1-23-5-8-19-9-3-2-7(4-21(9)20-8)18-12(22)10-11(13(14,15)16)17-6-24-10/h6-7H,2-5H2,1H3,(H,18,22). The van der Waals surface area contributed by atoms with E-state index in [1.807, 2.05) is 0 Å². The van der Waals surface area contributed by atoms with E-state index in [1.54, 1.807) is 4.68 Å². The number of aromatic nitrogens is 4. The Kier molecular flexibility index (Phi) is 4.54. The Bertz CT molecular complexity index is 742. The van der Waals surface area contributed by atoms with E-state index in [4.69, 9.17) is 4.74 Å². The summed E-state index contributed by atoms with van der Waals surface area (Å²) in [5.74, 6) is 0.554. The van der Waals surface area contributed by atoms with Crippen LogP contribution in [0.4, 0.5) is 13.2 Å². The molecule has 11 heteroatoms. The first-order valence-electron chi connectivity index (χ1n) is 7.11. The van der Waals surface area contributed by atoms with Gasteiger partial charge >= 0.3 is 6.18 Å². The highest BCUT2D eigenvalue weighted by atomic mass is 32.1. The summed E-state index contributed by atoms with van der Waals surface area (Å²) in [4.78, 5) is 19.3. The monoisotopic (exact) mass is 361 g/mol. The van der Waals surface area contributed by atoms with Crippen molar-refractivity contribution in [3.8, 4) is 0 Å². The Hall–Kier alpha value is -2.01. The second kappa shape index (κ2) is 6.48. The first kappa shape index (κ1) is 16.8. The molecule has 1 N–H and O–H groups in total. The Morgan fingerprint density at radius 3 is 3.04 bits per heavy atom.